The molecule has 1 nitrogen and oxygen atoms in total. The van der Waals surface area contributed by atoms with Gasteiger partial charge in [-0.25, -0.2) is 0 Å². The Balaban J connectivity index is 2.20. The molecule has 3 heteroatoms. The average molecular weight is 267 g/mol. The minimum Gasteiger partial charge on any atom is -0.388 e. The first-order valence-corrected chi connectivity index (χ1v) is 6.10. The summed E-state index contributed by atoms with van der Waals surface area (Å²) in [6, 6.07) is 14.8. The van der Waals surface area contributed by atoms with Crippen LogP contribution in [0.1, 0.15) is 17.2 Å². The first-order chi connectivity index (χ1) is 8.18. The predicted molar refractivity (Wildman–Crippen MR) is 71.6 cm³/mol. The van der Waals surface area contributed by atoms with Gasteiger partial charge in [-0.15, -0.1) is 0 Å². The fraction of sp³-hybridized carbons (Fsp3) is 0.143. The number of rotatable bonds is 3. The van der Waals surface area contributed by atoms with Crippen LogP contribution in [0.15, 0.2) is 48.5 Å². The van der Waals surface area contributed by atoms with Gasteiger partial charge < -0.3 is 5.11 Å². The number of halogens is 2. The van der Waals surface area contributed by atoms with E-state index < -0.39 is 6.10 Å². The summed E-state index contributed by atoms with van der Waals surface area (Å²) in [6.45, 7) is 0. The van der Waals surface area contributed by atoms with Gasteiger partial charge in [0.05, 0.1) is 6.10 Å². The van der Waals surface area contributed by atoms with Crippen molar-refractivity contribution in [3.63, 3.8) is 0 Å². The normalized spacial score (nSPS) is 12.4. The van der Waals surface area contributed by atoms with Crippen LogP contribution in [0.5, 0.6) is 0 Å². The van der Waals surface area contributed by atoms with E-state index in [0.29, 0.717) is 16.5 Å². The summed E-state index contributed by atoms with van der Waals surface area (Å²) in [4.78, 5) is 0. The third kappa shape index (κ3) is 3.01. The predicted octanol–water partition coefficient (Wildman–Crippen LogP) is 4.27. The summed E-state index contributed by atoms with van der Waals surface area (Å²) in [6.07, 6.45) is -0.174. The van der Waals surface area contributed by atoms with Gasteiger partial charge in [0.15, 0.2) is 0 Å². The van der Waals surface area contributed by atoms with Crippen LogP contribution in [0.3, 0.4) is 0 Å². The van der Waals surface area contributed by atoms with Crippen LogP contribution in [0.25, 0.3) is 0 Å². The molecule has 17 heavy (non-hydrogen) atoms. The standard InChI is InChI=1S/C14H12Cl2O/c15-12-7-3-1-5-10(12)9-14(17)11-6-2-4-8-13(11)16/h1-8,14,17H,9H2/t14-/m0/s1. The summed E-state index contributed by atoms with van der Waals surface area (Å²) in [5.74, 6) is 0. The second kappa shape index (κ2) is 5.54. The van der Waals surface area contributed by atoms with Gasteiger partial charge in [-0.05, 0) is 23.3 Å². The number of hydrogen-bond donors (Lipinski definition) is 1. The molecule has 1 N–H and O–H groups in total. The number of aliphatic hydroxyl groups is 1. The topological polar surface area (TPSA) is 20.2 Å². The third-order valence-electron chi connectivity index (χ3n) is 2.64. The van der Waals surface area contributed by atoms with E-state index in [1.165, 1.54) is 0 Å². The Hall–Kier alpha value is -1.02. The molecule has 0 unspecified atom stereocenters. The second-order valence-electron chi connectivity index (χ2n) is 3.83. The molecule has 0 amide bonds. The smallest absolute Gasteiger partial charge is 0.0845 e. The number of aliphatic hydroxyl groups excluding tert-OH is 1. The molecule has 0 spiro atoms. The van der Waals surface area contributed by atoms with Gasteiger partial charge >= 0.3 is 0 Å². The van der Waals surface area contributed by atoms with Crippen molar-refractivity contribution in [2.75, 3.05) is 0 Å². The Morgan fingerprint density at radius 1 is 0.882 bits per heavy atom. The van der Waals surface area contributed by atoms with Crippen LogP contribution in [-0.2, 0) is 6.42 Å². The number of hydrogen-bond acceptors (Lipinski definition) is 1. The first-order valence-electron chi connectivity index (χ1n) is 5.34. The molecule has 0 radical (unpaired) electrons. The van der Waals surface area contributed by atoms with Crippen LogP contribution in [0, 0.1) is 0 Å². The molecule has 0 bridgehead atoms. The van der Waals surface area contributed by atoms with Crippen LogP contribution >= 0.6 is 23.2 Å². The fourth-order valence-electron chi connectivity index (χ4n) is 1.73. The van der Waals surface area contributed by atoms with Gasteiger partial charge in [-0.2, -0.15) is 0 Å². The maximum atomic E-state index is 10.1. The summed E-state index contributed by atoms with van der Waals surface area (Å²) in [5.41, 5.74) is 1.65. The Labute approximate surface area is 111 Å². The van der Waals surface area contributed by atoms with Gasteiger partial charge in [0.25, 0.3) is 0 Å². The van der Waals surface area contributed by atoms with Crippen molar-refractivity contribution < 1.29 is 5.11 Å². The zero-order chi connectivity index (χ0) is 12.3. The molecule has 0 fully saturated rings. The van der Waals surface area contributed by atoms with Crippen LogP contribution in [-0.4, -0.2) is 5.11 Å². The van der Waals surface area contributed by atoms with E-state index in [1.807, 2.05) is 42.5 Å². The van der Waals surface area contributed by atoms with E-state index in [1.54, 1.807) is 6.07 Å². The molecule has 2 aromatic rings. The van der Waals surface area contributed by atoms with Gasteiger partial charge in [-0.1, -0.05) is 59.6 Å². The van der Waals surface area contributed by atoms with Gasteiger partial charge in [0.2, 0.25) is 0 Å². The number of benzene rings is 2. The zero-order valence-electron chi connectivity index (χ0n) is 9.11. The largest absolute Gasteiger partial charge is 0.388 e. The van der Waals surface area contributed by atoms with Crippen molar-refractivity contribution in [3.8, 4) is 0 Å². The lowest BCUT2D eigenvalue weighted by atomic mass is 10.0. The molecule has 0 saturated heterocycles. The molecule has 0 heterocycles. The van der Waals surface area contributed by atoms with Crippen molar-refractivity contribution in [1.82, 2.24) is 0 Å². The molecule has 0 aliphatic heterocycles. The maximum Gasteiger partial charge on any atom is 0.0845 e. The molecule has 0 aliphatic rings. The summed E-state index contributed by atoms with van der Waals surface area (Å²) >= 11 is 12.1. The van der Waals surface area contributed by atoms with Gasteiger partial charge in [0.1, 0.15) is 0 Å². The lowest BCUT2D eigenvalue weighted by molar-refractivity contribution is 0.178. The highest BCUT2D eigenvalue weighted by Crippen LogP contribution is 2.27. The molecule has 2 rings (SSSR count). The average Bonchev–Trinajstić information content (AvgIpc) is 2.32. The highest BCUT2D eigenvalue weighted by atomic mass is 35.5. The molecule has 0 aliphatic carbocycles. The van der Waals surface area contributed by atoms with E-state index in [2.05, 4.69) is 0 Å². The molecule has 0 aromatic heterocycles. The monoisotopic (exact) mass is 266 g/mol. The van der Waals surface area contributed by atoms with Crippen LogP contribution in [0.2, 0.25) is 10.0 Å². The molecule has 88 valence electrons. The van der Waals surface area contributed by atoms with Crippen LogP contribution < -0.4 is 0 Å². The third-order valence-corrected chi connectivity index (χ3v) is 3.35. The fourth-order valence-corrected chi connectivity index (χ4v) is 2.20. The van der Waals surface area contributed by atoms with Crippen molar-refractivity contribution >= 4 is 23.2 Å². The van der Waals surface area contributed by atoms with E-state index in [9.17, 15) is 5.11 Å². The zero-order valence-corrected chi connectivity index (χ0v) is 10.6. The van der Waals surface area contributed by atoms with Crippen molar-refractivity contribution in [2.45, 2.75) is 12.5 Å². The SMILES string of the molecule is O[C@@H](Cc1ccccc1Cl)c1ccccc1Cl. The van der Waals surface area contributed by atoms with Crippen molar-refractivity contribution in [3.05, 3.63) is 69.7 Å². The first kappa shape index (κ1) is 12.4. The maximum absolute atomic E-state index is 10.1. The van der Waals surface area contributed by atoms with Crippen molar-refractivity contribution in [1.29, 1.82) is 0 Å². The molecule has 2 aromatic carbocycles. The highest BCUT2D eigenvalue weighted by Gasteiger charge is 2.13. The molecular formula is C14H12Cl2O. The lowest BCUT2D eigenvalue weighted by Gasteiger charge is -2.13. The minimum absolute atomic E-state index is 0.462. The summed E-state index contributed by atoms with van der Waals surface area (Å²) in [5, 5.41) is 11.4. The quantitative estimate of drug-likeness (QED) is 0.880. The summed E-state index contributed by atoms with van der Waals surface area (Å²) < 4.78 is 0. The Morgan fingerprint density at radius 3 is 2.12 bits per heavy atom. The van der Waals surface area contributed by atoms with Crippen LogP contribution in [0.4, 0.5) is 0 Å². The molecule has 0 saturated carbocycles. The summed E-state index contributed by atoms with van der Waals surface area (Å²) in [7, 11) is 0. The Kier molecular flexibility index (Phi) is 4.06. The Morgan fingerprint density at radius 2 is 1.47 bits per heavy atom. The van der Waals surface area contributed by atoms with E-state index in [-0.39, 0.29) is 0 Å². The lowest BCUT2D eigenvalue weighted by Crippen LogP contribution is -2.02. The molecule has 1 atom stereocenters. The van der Waals surface area contributed by atoms with Gasteiger partial charge in [-0.3, -0.25) is 0 Å². The Bertz CT molecular complexity index is 511. The minimum atomic E-state index is -0.636. The highest BCUT2D eigenvalue weighted by molar-refractivity contribution is 6.31. The molecular weight excluding hydrogens is 255 g/mol. The van der Waals surface area contributed by atoms with E-state index in [4.69, 9.17) is 23.2 Å². The second-order valence-corrected chi connectivity index (χ2v) is 4.65. The van der Waals surface area contributed by atoms with E-state index in [0.717, 1.165) is 11.1 Å². The van der Waals surface area contributed by atoms with Gasteiger partial charge in [0, 0.05) is 16.5 Å². The van der Waals surface area contributed by atoms with Crippen molar-refractivity contribution in [2.24, 2.45) is 0 Å². The van der Waals surface area contributed by atoms with E-state index >= 15 is 0 Å².